The zero-order valence-electron chi connectivity index (χ0n) is 16.5. The number of anilines is 1. The smallest absolute Gasteiger partial charge is 0.383 e. The fourth-order valence-electron chi connectivity index (χ4n) is 4.43. The molecule has 2 fully saturated rings. The van der Waals surface area contributed by atoms with E-state index in [1.807, 2.05) is 0 Å². The van der Waals surface area contributed by atoms with Gasteiger partial charge < -0.3 is 15.4 Å². The third-order valence-corrected chi connectivity index (χ3v) is 5.88. The van der Waals surface area contributed by atoms with E-state index < -0.39 is 30.3 Å². The molecule has 2 aliphatic rings. The van der Waals surface area contributed by atoms with Crippen LogP contribution in [0.15, 0.2) is 18.3 Å². The van der Waals surface area contributed by atoms with Crippen LogP contribution >= 0.6 is 0 Å². The largest absolute Gasteiger partial charge is 0.419 e. The van der Waals surface area contributed by atoms with E-state index in [9.17, 15) is 26.3 Å². The van der Waals surface area contributed by atoms with Gasteiger partial charge in [0.25, 0.3) is 0 Å². The van der Waals surface area contributed by atoms with Crippen molar-refractivity contribution in [2.45, 2.75) is 24.8 Å². The van der Waals surface area contributed by atoms with Crippen LogP contribution in [0, 0.1) is 11.8 Å². The van der Waals surface area contributed by atoms with Crippen molar-refractivity contribution in [1.82, 2.24) is 19.7 Å². The zero-order valence-corrected chi connectivity index (χ0v) is 16.5. The molecule has 3 heterocycles. The Bertz CT molecular complexity index is 944. The van der Waals surface area contributed by atoms with Crippen LogP contribution in [0.25, 0.3) is 11.3 Å². The number of rotatable bonds is 6. The second-order valence-electron chi connectivity index (χ2n) is 7.99. The Morgan fingerprint density at radius 3 is 2.39 bits per heavy atom. The first-order valence-electron chi connectivity index (χ1n) is 9.67. The fourth-order valence-corrected chi connectivity index (χ4v) is 4.43. The van der Waals surface area contributed by atoms with E-state index in [0.29, 0.717) is 12.3 Å². The number of hydrogen-bond acceptors (Lipinski definition) is 5. The number of alkyl halides is 6. The topological polar surface area (TPSA) is 69.2 Å². The first-order valence-corrected chi connectivity index (χ1v) is 9.67. The van der Waals surface area contributed by atoms with Crippen molar-refractivity contribution in [2.24, 2.45) is 11.8 Å². The van der Waals surface area contributed by atoms with Crippen LogP contribution in [0.2, 0.25) is 0 Å². The summed E-state index contributed by atoms with van der Waals surface area (Å²) in [5.74, 6) is -0.405. The Labute approximate surface area is 174 Å². The minimum atomic E-state index is -4.73. The summed E-state index contributed by atoms with van der Waals surface area (Å²) in [6.45, 7) is 1.51. The predicted octanol–water partition coefficient (Wildman–Crippen LogP) is 3.40. The lowest BCUT2D eigenvalue weighted by atomic mass is 10.1. The van der Waals surface area contributed by atoms with E-state index >= 15 is 0 Å². The maximum Gasteiger partial charge on any atom is 0.419 e. The zero-order chi connectivity index (χ0) is 22.6. The Balaban J connectivity index is 1.62. The number of hydrogen-bond donors (Lipinski definition) is 1. The first-order chi connectivity index (χ1) is 14.5. The summed E-state index contributed by atoms with van der Waals surface area (Å²) in [6.07, 6.45) is -8.15. The quantitative estimate of drug-likeness (QED) is 0.685. The van der Waals surface area contributed by atoms with Crippen LogP contribution < -0.4 is 5.73 Å². The van der Waals surface area contributed by atoms with Gasteiger partial charge >= 0.3 is 12.4 Å². The Kier molecular flexibility index (Phi) is 5.41. The van der Waals surface area contributed by atoms with Crippen molar-refractivity contribution < 1.29 is 31.1 Å². The highest BCUT2D eigenvalue weighted by Gasteiger charge is 2.57. The Morgan fingerprint density at radius 2 is 1.81 bits per heavy atom. The molecule has 6 nitrogen and oxygen atoms in total. The van der Waals surface area contributed by atoms with Gasteiger partial charge in [0.2, 0.25) is 0 Å². The number of aromatic nitrogens is 3. The monoisotopic (exact) mass is 449 g/mol. The first kappa shape index (κ1) is 21.9. The molecule has 2 aromatic rings. The molecule has 0 bridgehead atoms. The van der Waals surface area contributed by atoms with E-state index in [-0.39, 0.29) is 29.0 Å². The molecule has 2 N–H and O–H groups in total. The van der Waals surface area contributed by atoms with Crippen LogP contribution in [0.5, 0.6) is 0 Å². The SMILES string of the molecule is COCCN1C[C@@H]2[C@H](C1)[C@@H]2c1cc(-c2cnc(N)c(C(F)(F)F)c2)nn1CC(F)(F)F. The summed E-state index contributed by atoms with van der Waals surface area (Å²) in [6, 6.07) is 2.22. The van der Waals surface area contributed by atoms with E-state index in [1.165, 1.54) is 6.07 Å². The minimum absolute atomic E-state index is 0.0125. The second kappa shape index (κ2) is 7.66. The van der Waals surface area contributed by atoms with E-state index in [4.69, 9.17) is 10.5 Å². The van der Waals surface area contributed by atoms with Gasteiger partial charge in [-0.1, -0.05) is 0 Å². The van der Waals surface area contributed by atoms with Gasteiger partial charge in [-0.2, -0.15) is 31.4 Å². The molecule has 4 rings (SSSR count). The molecule has 31 heavy (non-hydrogen) atoms. The Morgan fingerprint density at radius 1 is 1.13 bits per heavy atom. The maximum absolute atomic E-state index is 13.2. The van der Waals surface area contributed by atoms with Gasteiger partial charge in [0.05, 0.1) is 17.9 Å². The molecule has 1 saturated carbocycles. The van der Waals surface area contributed by atoms with Crippen LogP contribution in [-0.2, 0) is 17.5 Å². The molecule has 1 aliphatic carbocycles. The molecule has 0 aromatic carbocycles. The molecule has 0 spiro atoms. The van der Waals surface area contributed by atoms with E-state index in [1.54, 1.807) is 7.11 Å². The third-order valence-electron chi connectivity index (χ3n) is 5.88. The molecule has 12 heteroatoms. The summed E-state index contributed by atoms with van der Waals surface area (Å²) in [5.41, 5.74) is 4.55. The van der Waals surface area contributed by atoms with E-state index in [0.717, 1.165) is 36.6 Å². The third kappa shape index (κ3) is 4.49. The van der Waals surface area contributed by atoms with Gasteiger partial charge in [-0.05, 0) is 24.0 Å². The highest BCUT2D eigenvalue weighted by Crippen LogP contribution is 2.58. The number of ether oxygens (including phenoxy) is 1. The van der Waals surface area contributed by atoms with Crippen molar-refractivity contribution in [3.8, 4) is 11.3 Å². The van der Waals surface area contributed by atoms with Gasteiger partial charge in [0.1, 0.15) is 12.4 Å². The van der Waals surface area contributed by atoms with Crippen molar-refractivity contribution >= 4 is 5.82 Å². The van der Waals surface area contributed by atoms with Crippen LogP contribution in [0.4, 0.5) is 32.2 Å². The van der Waals surface area contributed by atoms with Crippen molar-refractivity contribution in [1.29, 1.82) is 0 Å². The standard InChI is InChI=1S/C19H21F6N5O/c1-31-3-2-29-7-11-12(8-29)16(11)15-5-14(28-30(15)9-18(20,21)22)10-4-13(19(23,24)25)17(26)27-6-10/h4-6,11-12,16H,2-3,7-9H2,1H3,(H2,26,27)/t11-,12+,16-. The number of fused-ring (bicyclic) bond motifs is 1. The van der Waals surface area contributed by atoms with Crippen molar-refractivity contribution in [3.63, 3.8) is 0 Å². The van der Waals surface area contributed by atoms with E-state index in [2.05, 4.69) is 15.0 Å². The van der Waals surface area contributed by atoms with Gasteiger partial charge in [0.15, 0.2) is 0 Å². The predicted molar refractivity (Wildman–Crippen MR) is 99.0 cm³/mol. The molecular weight excluding hydrogens is 428 g/mol. The average Bonchev–Trinajstić information content (AvgIpc) is 3.00. The number of piperidine rings is 1. The molecule has 1 aliphatic heterocycles. The van der Waals surface area contributed by atoms with Crippen LogP contribution in [-0.4, -0.2) is 59.2 Å². The molecule has 1 saturated heterocycles. The van der Waals surface area contributed by atoms with Crippen molar-refractivity contribution in [3.05, 3.63) is 29.6 Å². The molecule has 0 amide bonds. The summed E-state index contributed by atoms with van der Waals surface area (Å²) in [7, 11) is 1.60. The second-order valence-corrected chi connectivity index (χ2v) is 7.99. The molecule has 3 atom stereocenters. The molecule has 170 valence electrons. The number of pyridine rings is 1. The van der Waals surface area contributed by atoms with Gasteiger partial charge in [-0.3, -0.25) is 4.68 Å². The normalized spacial score (nSPS) is 23.9. The number of methoxy groups -OCH3 is 1. The Hall–Kier alpha value is -2.34. The number of nitrogens with two attached hydrogens (primary N) is 1. The lowest BCUT2D eigenvalue weighted by Crippen LogP contribution is -2.28. The lowest BCUT2D eigenvalue weighted by molar-refractivity contribution is -0.143. The summed E-state index contributed by atoms with van der Waals surface area (Å²) < 4.78 is 84.8. The highest BCUT2D eigenvalue weighted by molar-refractivity contribution is 5.63. The average molecular weight is 449 g/mol. The van der Waals surface area contributed by atoms with Gasteiger partial charge in [-0.15, -0.1) is 0 Å². The summed E-state index contributed by atoms with van der Waals surface area (Å²) in [4.78, 5) is 5.75. The number of nitrogens with zero attached hydrogens (tertiary/aromatic N) is 4. The summed E-state index contributed by atoms with van der Waals surface area (Å²) in [5, 5.41) is 3.99. The van der Waals surface area contributed by atoms with Crippen LogP contribution in [0.1, 0.15) is 17.2 Å². The highest BCUT2D eigenvalue weighted by atomic mass is 19.4. The molecule has 0 unspecified atom stereocenters. The molecule has 2 aromatic heterocycles. The van der Waals surface area contributed by atoms with Crippen LogP contribution in [0.3, 0.4) is 0 Å². The number of likely N-dealkylation sites (tertiary alicyclic amines) is 1. The number of nitrogen functional groups attached to an aromatic ring is 1. The van der Waals surface area contributed by atoms with Gasteiger partial charge in [0, 0.05) is 50.1 Å². The molecule has 0 radical (unpaired) electrons. The number of halogens is 6. The minimum Gasteiger partial charge on any atom is -0.383 e. The lowest BCUT2D eigenvalue weighted by Gasteiger charge is -2.19. The van der Waals surface area contributed by atoms with Gasteiger partial charge in [-0.25, -0.2) is 4.98 Å². The maximum atomic E-state index is 13.2. The summed E-state index contributed by atoms with van der Waals surface area (Å²) >= 11 is 0. The fraction of sp³-hybridized carbons (Fsp3) is 0.579. The van der Waals surface area contributed by atoms with Crippen molar-refractivity contribution in [2.75, 3.05) is 39.1 Å². The molecular formula is C19H21F6N5O.